The molecule has 4 rings (SSSR count). The number of ether oxygens (including phenoxy) is 1. The Hall–Kier alpha value is -2.78. The zero-order valence-electron chi connectivity index (χ0n) is 14.5. The Balaban J connectivity index is 1.63. The molecule has 0 amide bonds. The van der Waals surface area contributed by atoms with Crippen LogP contribution in [0.15, 0.2) is 57.1 Å². The Morgan fingerprint density at radius 2 is 2.00 bits per heavy atom. The summed E-state index contributed by atoms with van der Waals surface area (Å²) in [6, 6.07) is 13.4. The minimum absolute atomic E-state index is 0.318. The summed E-state index contributed by atoms with van der Waals surface area (Å²) < 4.78 is 9.32. The minimum Gasteiger partial charge on any atom is -0.431 e. The third-order valence-electron chi connectivity index (χ3n) is 3.94. The third kappa shape index (κ3) is 3.56. The van der Waals surface area contributed by atoms with Crippen molar-refractivity contribution in [3.05, 3.63) is 68.4 Å². The Labute approximate surface area is 167 Å². The van der Waals surface area contributed by atoms with Crippen molar-refractivity contribution in [2.75, 3.05) is 0 Å². The van der Waals surface area contributed by atoms with Gasteiger partial charge in [0.1, 0.15) is 5.75 Å². The molecule has 0 bridgehead atoms. The fraction of sp³-hybridized carbons (Fsp3) is 0.111. The van der Waals surface area contributed by atoms with E-state index in [1.807, 2.05) is 48.7 Å². The number of halogens is 1. The molecule has 0 saturated carbocycles. The summed E-state index contributed by atoms with van der Waals surface area (Å²) in [5.74, 6) is 0.572. The molecule has 0 unspecified atom stereocenters. The molecule has 27 heavy (non-hydrogen) atoms. The average Bonchev–Trinajstić information content (AvgIpc) is 3.24. The highest BCUT2D eigenvalue weighted by molar-refractivity contribution is 9.10. The van der Waals surface area contributed by atoms with Crippen molar-refractivity contribution in [2.45, 2.75) is 6.92 Å². The number of rotatable bonds is 4. The number of hydrogen-bond acceptors (Lipinski definition) is 6. The summed E-state index contributed by atoms with van der Waals surface area (Å²) in [4.78, 5) is 16.7. The van der Waals surface area contributed by atoms with Crippen LogP contribution in [-0.4, -0.2) is 24.8 Å². The number of hydrogen-bond donors (Lipinski definition) is 0. The third-order valence-corrected chi connectivity index (χ3v) is 5.15. The molecular weight excluding hydrogens is 430 g/mol. The molecule has 7 nitrogen and oxygen atoms in total. The molecule has 0 fully saturated rings. The van der Waals surface area contributed by atoms with Crippen LogP contribution >= 0.6 is 27.3 Å². The predicted octanol–water partition coefficient (Wildman–Crippen LogP) is 3.95. The fourth-order valence-electron chi connectivity index (χ4n) is 2.53. The van der Waals surface area contributed by atoms with Crippen LogP contribution in [-0.2, 0) is 7.05 Å². The minimum atomic E-state index is -0.318. The summed E-state index contributed by atoms with van der Waals surface area (Å²) in [5.41, 5.74) is 3.04. The first-order valence-corrected chi connectivity index (χ1v) is 9.68. The zero-order chi connectivity index (χ0) is 19.0. The highest BCUT2D eigenvalue weighted by Gasteiger charge is 2.12. The van der Waals surface area contributed by atoms with Crippen LogP contribution < -0.4 is 10.4 Å². The van der Waals surface area contributed by atoms with Crippen molar-refractivity contribution in [3.8, 4) is 27.9 Å². The van der Waals surface area contributed by atoms with E-state index in [0.717, 1.165) is 21.3 Å². The molecule has 4 aromatic rings. The summed E-state index contributed by atoms with van der Waals surface area (Å²) in [6.07, 6.45) is 0. The molecule has 0 saturated heterocycles. The van der Waals surface area contributed by atoms with E-state index in [-0.39, 0.29) is 5.69 Å². The molecule has 0 spiro atoms. The van der Waals surface area contributed by atoms with Crippen molar-refractivity contribution in [2.24, 2.45) is 7.05 Å². The van der Waals surface area contributed by atoms with Crippen LogP contribution in [0.1, 0.15) is 5.56 Å². The van der Waals surface area contributed by atoms with Crippen LogP contribution in [0, 0.1) is 6.92 Å². The molecule has 2 aromatic carbocycles. The van der Waals surface area contributed by atoms with Gasteiger partial charge in [0.05, 0.1) is 11.4 Å². The smallest absolute Gasteiger partial charge is 0.368 e. The number of benzene rings is 2. The zero-order valence-corrected chi connectivity index (χ0v) is 16.9. The summed E-state index contributed by atoms with van der Waals surface area (Å²) >= 11 is 4.88. The van der Waals surface area contributed by atoms with Crippen LogP contribution in [0.5, 0.6) is 10.9 Å². The van der Waals surface area contributed by atoms with Crippen LogP contribution in [0.25, 0.3) is 16.9 Å². The normalized spacial score (nSPS) is 10.9. The predicted molar refractivity (Wildman–Crippen MR) is 107 cm³/mol. The van der Waals surface area contributed by atoms with Gasteiger partial charge in [0.15, 0.2) is 0 Å². The Kier molecular flexibility index (Phi) is 4.63. The molecule has 2 heterocycles. The lowest BCUT2D eigenvalue weighted by Crippen LogP contribution is -2.22. The number of aromatic nitrogens is 5. The van der Waals surface area contributed by atoms with E-state index < -0.39 is 0 Å². The van der Waals surface area contributed by atoms with E-state index in [1.54, 1.807) is 13.1 Å². The van der Waals surface area contributed by atoms with E-state index in [0.29, 0.717) is 16.6 Å². The Morgan fingerprint density at radius 1 is 1.15 bits per heavy atom. The van der Waals surface area contributed by atoms with Crippen molar-refractivity contribution >= 4 is 27.3 Å². The van der Waals surface area contributed by atoms with Crippen LogP contribution in [0.3, 0.4) is 0 Å². The summed E-state index contributed by atoms with van der Waals surface area (Å²) in [7, 11) is 1.56. The van der Waals surface area contributed by atoms with Crippen LogP contribution in [0.2, 0.25) is 0 Å². The fourth-order valence-corrected chi connectivity index (χ4v) is 3.63. The van der Waals surface area contributed by atoms with Crippen molar-refractivity contribution in [1.29, 1.82) is 0 Å². The first-order chi connectivity index (χ1) is 13.0. The van der Waals surface area contributed by atoms with Crippen molar-refractivity contribution in [1.82, 2.24) is 24.8 Å². The van der Waals surface area contributed by atoms with E-state index in [2.05, 4.69) is 31.3 Å². The highest BCUT2D eigenvalue weighted by Crippen LogP contribution is 2.32. The molecule has 9 heteroatoms. The first-order valence-electron chi connectivity index (χ1n) is 8.00. The maximum absolute atomic E-state index is 12.1. The summed E-state index contributed by atoms with van der Waals surface area (Å²) in [6.45, 7) is 1.90. The topological polar surface area (TPSA) is 74.8 Å². The molecule has 2 aromatic heterocycles. The molecular formula is C18H14BrN5O2S. The van der Waals surface area contributed by atoms with E-state index in [4.69, 9.17) is 4.74 Å². The maximum Gasteiger partial charge on any atom is 0.368 e. The van der Waals surface area contributed by atoms with Gasteiger partial charge in [-0.25, -0.2) is 9.78 Å². The largest absolute Gasteiger partial charge is 0.431 e. The maximum atomic E-state index is 12.1. The van der Waals surface area contributed by atoms with Crippen molar-refractivity contribution < 1.29 is 4.74 Å². The second-order valence-electron chi connectivity index (χ2n) is 5.86. The average molecular weight is 444 g/mol. The van der Waals surface area contributed by atoms with Gasteiger partial charge in [-0.3, -0.25) is 0 Å². The number of nitrogens with zero attached hydrogens (tertiary/aromatic N) is 5. The van der Waals surface area contributed by atoms with Gasteiger partial charge >= 0.3 is 5.69 Å². The molecule has 0 atom stereocenters. The Morgan fingerprint density at radius 3 is 2.74 bits per heavy atom. The van der Waals surface area contributed by atoms with E-state index in [1.165, 1.54) is 20.7 Å². The monoisotopic (exact) mass is 443 g/mol. The van der Waals surface area contributed by atoms with Gasteiger partial charge in [0.25, 0.3) is 5.19 Å². The Bertz CT molecular complexity index is 1180. The SMILES string of the molecule is Cc1ccc(Oc2nc(-c3cccc(Br)c3)cs2)cc1-n1nnn(C)c1=O. The molecule has 0 radical (unpaired) electrons. The number of thiazole rings is 1. The summed E-state index contributed by atoms with van der Waals surface area (Å²) in [5, 5.41) is 10.1. The lowest BCUT2D eigenvalue weighted by molar-refractivity contribution is 0.478. The van der Waals surface area contributed by atoms with Gasteiger partial charge < -0.3 is 4.74 Å². The quantitative estimate of drug-likeness (QED) is 0.477. The van der Waals surface area contributed by atoms with Gasteiger partial charge in [0.2, 0.25) is 0 Å². The molecule has 0 aliphatic rings. The molecule has 0 aliphatic carbocycles. The standard InChI is InChI=1S/C18H14BrN5O2S/c1-11-6-7-14(9-16(11)24-18(25)23(2)21-22-24)26-17-20-15(10-27-17)12-4-3-5-13(19)8-12/h3-10H,1-2H3. The second kappa shape index (κ2) is 7.09. The molecule has 0 N–H and O–H groups in total. The van der Waals surface area contributed by atoms with Gasteiger partial charge in [-0.15, -0.1) is 0 Å². The van der Waals surface area contributed by atoms with Crippen LogP contribution in [0.4, 0.5) is 0 Å². The second-order valence-corrected chi connectivity index (χ2v) is 7.59. The molecule has 136 valence electrons. The number of aryl methyl sites for hydroxylation is 2. The van der Waals surface area contributed by atoms with Gasteiger partial charge in [0, 0.05) is 28.5 Å². The van der Waals surface area contributed by atoms with E-state index in [9.17, 15) is 4.79 Å². The van der Waals surface area contributed by atoms with E-state index >= 15 is 0 Å². The highest BCUT2D eigenvalue weighted by atomic mass is 79.9. The lowest BCUT2D eigenvalue weighted by atomic mass is 10.2. The first kappa shape index (κ1) is 17.6. The lowest BCUT2D eigenvalue weighted by Gasteiger charge is -2.07. The van der Waals surface area contributed by atoms with Gasteiger partial charge in [-0.2, -0.15) is 9.36 Å². The molecule has 0 aliphatic heterocycles. The van der Waals surface area contributed by atoms with Gasteiger partial charge in [-0.1, -0.05) is 45.5 Å². The number of tetrazole rings is 1. The van der Waals surface area contributed by atoms with Crippen molar-refractivity contribution in [3.63, 3.8) is 0 Å². The van der Waals surface area contributed by atoms with Gasteiger partial charge in [-0.05, 0) is 41.1 Å².